The first-order valence-corrected chi connectivity index (χ1v) is 7.93. The number of halogens is 1. The van der Waals surface area contributed by atoms with Crippen LogP contribution in [-0.4, -0.2) is 13.2 Å². The molecule has 2 nitrogen and oxygen atoms in total. The van der Waals surface area contributed by atoms with E-state index < -0.39 is 0 Å². The van der Waals surface area contributed by atoms with E-state index in [9.17, 15) is 0 Å². The highest BCUT2D eigenvalue weighted by Crippen LogP contribution is 2.37. The van der Waals surface area contributed by atoms with E-state index in [1.807, 2.05) is 0 Å². The van der Waals surface area contributed by atoms with Crippen molar-refractivity contribution in [3.8, 4) is 0 Å². The van der Waals surface area contributed by atoms with Gasteiger partial charge >= 0.3 is 0 Å². The molecule has 4 heteroatoms. The van der Waals surface area contributed by atoms with Gasteiger partial charge in [-0.25, -0.2) is 0 Å². The van der Waals surface area contributed by atoms with E-state index in [2.05, 4.69) is 39.5 Å². The molecule has 0 radical (unpaired) electrons. The van der Waals surface area contributed by atoms with Crippen LogP contribution in [0.3, 0.4) is 0 Å². The molecule has 1 saturated heterocycles. The first kappa shape index (κ1) is 12.6. The van der Waals surface area contributed by atoms with E-state index in [0.717, 1.165) is 24.1 Å². The van der Waals surface area contributed by atoms with Crippen molar-refractivity contribution in [2.45, 2.75) is 18.9 Å². The van der Waals surface area contributed by atoms with E-state index in [4.69, 9.17) is 10.5 Å². The van der Waals surface area contributed by atoms with Gasteiger partial charge in [-0.2, -0.15) is 0 Å². The molecule has 18 heavy (non-hydrogen) atoms. The van der Waals surface area contributed by atoms with Crippen LogP contribution < -0.4 is 5.73 Å². The predicted octanol–water partition coefficient (Wildman–Crippen LogP) is 4.09. The lowest BCUT2D eigenvalue weighted by Crippen LogP contribution is -2.28. The maximum atomic E-state index is 6.44. The summed E-state index contributed by atoms with van der Waals surface area (Å²) in [6.45, 7) is 1.69. The number of rotatable bonds is 2. The molecule has 0 saturated carbocycles. The van der Waals surface area contributed by atoms with Crippen LogP contribution in [0.1, 0.15) is 24.4 Å². The van der Waals surface area contributed by atoms with Gasteiger partial charge in [0.15, 0.2) is 0 Å². The molecule has 96 valence electrons. The van der Waals surface area contributed by atoms with Gasteiger partial charge in [0.2, 0.25) is 0 Å². The molecule has 1 aromatic carbocycles. The lowest BCUT2D eigenvalue weighted by atomic mass is 9.89. The van der Waals surface area contributed by atoms with Crippen LogP contribution in [0.4, 0.5) is 0 Å². The van der Waals surface area contributed by atoms with Gasteiger partial charge in [0.05, 0.1) is 6.61 Å². The maximum Gasteiger partial charge on any atom is 0.0512 e. The molecule has 2 aromatic rings. The van der Waals surface area contributed by atoms with Crippen LogP contribution in [0.2, 0.25) is 0 Å². The van der Waals surface area contributed by atoms with Crippen molar-refractivity contribution < 1.29 is 4.74 Å². The molecular weight excluding hydrogens is 310 g/mol. The maximum absolute atomic E-state index is 6.44. The number of ether oxygens (including phenoxy) is 1. The van der Waals surface area contributed by atoms with Crippen LogP contribution in [-0.2, 0) is 4.74 Å². The Morgan fingerprint density at radius 2 is 2.33 bits per heavy atom. The van der Waals surface area contributed by atoms with Crippen LogP contribution in [0, 0.1) is 5.92 Å². The summed E-state index contributed by atoms with van der Waals surface area (Å²) >= 11 is 5.37. The van der Waals surface area contributed by atoms with Crippen molar-refractivity contribution in [3.05, 3.63) is 33.6 Å². The fourth-order valence-corrected chi connectivity index (χ4v) is 4.27. The van der Waals surface area contributed by atoms with Gasteiger partial charge in [0.25, 0.3) is 0 Å². The highest BCUT2D eigenvalue weighted by Gasteiger charge is 2.24. The van der Waals surface area contributed by atoms with Gasteiger partial charge in [-0.1, -0.05) is 12.1 Å². The minimum atomic E-state index is 0.0911. The molecule has 3 rings (SSSR count). The molecule has 2 atom stereocenters. The molecule has 0 amide bonds. The summed E-state index contributed by atoms with van der Waals surface area (Å²) in [4.78, 5) is 0. The van der Waals surface area contributed by atoms with E-state index >= 15 is 0 Å². The number of thiophene rings is 1. The second kappa shape index (κ2) is 5.29. The molecule has 0 aliphatic carbocycles. The van der Waals surface area contributed by atoms with Gasteiger partial charge in [-0.3, -0.25) is 0 Å². The Morgan fingerprint density at radius 3 is 3.11 bits per heavy atom. The minimum Gasteiger partial charge on any atom is -0.381 e. The van der Waals surface area contributed by atoms with Crippen LogP contribution >= 0.6 is 27.3 Å². The number of fused-ring (bicyclic) bond motifs is 1. The summed E-state index contributed by atoms with van der Waals surface area (Å²) in [5.41, 5.74) is 7.71. The third-order valence-electron chi connectivity index (χ3n) is 3.64. The molecule has 0 bridgehead atoms. The second-order valence-corrected chi connectivity index (χ2v) is 6.54. The minimum absolute atomic E-state index is 0.0911. The van der Waals surface area contributed by atoms with E-state index in [-0.39, 0.29) is 6.04 Å². The van der Waals surface area contributed by atoms with Crippen molar-refractivity contribution in [1.82, 2.24) is 0 Å². The lowest BCUT2D eigenvalue weighted by Gasteiger charge is -2.27. The summed E-state index contributed by atoms with van der Waals surface area (Å²) < 4.78 is 8.00. The van der Waals surface area contributed by atoms with Crippen molar-refractivity contribution in [3.63, 3.8) is 0 Å². The first-order chi connectivity index (χ1) is 8.77. The smallest absolute Gasteiger partial charge is 0.0512 e. The Balaban J connectivity index is 1.96. The molecule has 1 aliphatic heterocycles. The van der Waals surface area contributed by atoms with Gasteiger partial charge in [-0.05, 0) is 51.2 Å². The summed E-state index contributed by atoms with van der Waals surface area (Å²) in [6, 6.07) is 6.41. The Labute approximate surface area is 119 Å². The molecule has 1 fully saturated rings. The first-order valence-electron chi connectivity index (χ1n) is 6.26. The van der Waals surface area contributed by atoms with E-state index in [0.29, 0.717) is 5.92 Å². The molecular formula is C14H16BrNOS. The molecule has 2 heterocycles. The Hall–Kier alpha value is -0.420. The Bertz CT molecular complexity index is 548. The second-order valence-electron chi connectivity index (χ2n) is 4.81. The average molecular weight is 326 g/mol. The van der Waals surface area contributed by atoms with Crippen molar-refractivity contribution in [1.29, 1.82) is 0 Å². The normalized spacial score (nSPS) is 22.2. The summed E-state index contributed by atoms with van der Waals surface area (Å²) in [7, 11) is 0. The van der Waals surface area contributed by atoms with Gasteiger partial charge in [0.1, 0.15) is 0 Å². The molecule has 2 N–H and O–H groups in total. The lowest BCUT2D eigenvalue weighted by molar-refractivity contribution is 0.0450. The van der Waals surface area contributed by atoms with Crippen LogP contribution in [0.5, 0.6) is 0 Å². The molecule has 1 aromatic heterocycles. The largest absolute Gasteiger partial charge is 0.381 e. The highest BCUT2D eigenvalue weighted by molar-refractivity contribution is 9.10. The molecule has 0 spiro atoms. The zero-order valence-corrected chi connectivity index (χ0v) is 12.5. The van der Waals surface area contributed by atoms with Crippen LogP contribution in [0.25, 0.3) is 10.1 Å². The van der Waals surface area contributed by atoms with Gasteiger partial charge < -0.3 is 10.5 Å². The fourth-order valence-electron chi connectivity index (χ4n) is 2.60. The predicted molar refractivity (Wildman–Crippen MR) is 80.0 cm³/mol. The Kier molecular flexibility index (Phi) is 3.71. The SMILES string of the molecule is NC(c1csc2c(Br)cccc12)C1CCCOC1. The average Bonchev–Trinajstić information content (AvgIpc) is 2.84. The number of hydrogen-bond donors (Lipinski definition) is 1. The third kappa shape index (κ3) is 2.23. The van der Waals surface area contributed by atoms with E-state index in [1.165, 1.54) is 22.1 Å². The topological polar surface area (TPSA) is 35.2 Å². The Morgan fingerprint density at radius 1 is 1.44 bits per heavy atom. The van der Waals surface area contributed by atoms with Crippen molar-refractivity contribution in [2.75, 3.05) is 13.2 Å². The monoisotopic (exact) mass is 325 g/mol. The molecule has 2 unspecified atom stereocenters. The quantitative estimate of drug-likeness (QED) is 0.902. The zero-order valence-electron chi connectivity index (χ0n) is 10.1. The zero-order chi connectivity index (χ0) is 12.5. The summed E-state index contributed by atoms with van der Waals surface area (Å²) in [5.74, 6) is 0.454. The summed E-state index contributed by atoms with van der Waals surface area (Å²) in [6.07, 6.45) is 2.30. The van der Waals surface area contributed by atoms with Crippen LogP contribution in [0.15, 0.2) is 28.1 Å². The standard InChI is InChI=1S/C14H16BrNOS/c15-12-5-1-4-10-11(8-18-14(10)12)13(16)9-3-2-6-17-7-9/h1,4-5,8-9,13H,2-3,6-7,16H2. The highest BCUT2D eigenvalue weighted by atomic mass is 79.9. The number of hydrogen-bond acceptors (Lipinski definition) is 3. The van der Waals surface area contributed by atoms with E-state index in [1.54, 1.807) is 11.3 Å². The van der Waals surface area contributed by atoms with Crippen molar-refractivity contribution >= 4 is 37.4 Å². The van der Waals surface area contributed by atoms with Gasteiger partial charge in [-0.15, -0.1) is 11.3 Å². The number of benzene rings is 1. The fraction of sp³-hybridized carbons (Fsp3) is 0.429. The van der Waals surface area contributed by atoms with Gasteiger partial charge in [0, 0.05) is 27.7 Å². The number of nitrogens with two attached hydrogens (primary N) is 1. The van der Waals surface area contributed by atoms with Crippen molar-refractivity contribution in [2.24, 2.45) is 11.7 Å². The summed E-state index contributed by atoms with van der Waals surface area (Å²) in [5, 5.41) is 3.49. The molecule has 1 aliphatic rings. The third-order valence-corrected chi connectivity index (χ3v) is 5.61.